The fraction of sp³-hybridized carbons (Fsp3) is 0.483. The maximum absolute atomic E-state index is 13.8. The molecule has 1 saturated heterocycles. The number of carbonyl (C=O) groups is 1. The SMILES string of the molecule is CN1CCN(c2ccc(CN3C(=O)CC4(CCCCC4)Cn4c3nc3ccccc3c4=O)cc2)CC1. The van der Waals surface area contributed by atoms with Crippen molar-refractivity contribution in [2.45, 2.75) is 51.6 Å². The Bertz CT molecular complexity index is 1320. The summed E-state index contributed by atoms with van der Waals surface area (Å²) in [6.45, 7) is 5.17. The van der Waals surface area contributed by atoms with Crippen LogP contribution in [0.4, 0.5) is 11.6 Å². The zero-order valence-corrected chi connectivity index (χ0v) is 21.2. The summed E-state index contributed by atoms with van der Waals surface area (Å²) < 4.78 is 1.80. The summed E-state index contributed by atoms with van der Waals surface area (Å²) in [5, 5.41) is 0.623. The van der Waals surface area contributed by atoms with Crippen LogP contribution in [0.15, 0.2) is 53.3 Å². The Morgan fingerprint density at radius 2 is 1.61 bits per heavy atom. The fourth-order valence-electron chi connectivity index (χ4n) is 6.28. The van der Waals surface area contributed by atoms with Crippen LogP contribution in [0.5, 0.6) is 0 Å². The molecule has 3 aromatic rings. The number of rotatable bonds is 3. The number of piperazine rings is 1. The second-order valence-corrected chi connectivity index (χ2v) is 11.0. The van der Waals surface area contributed by atoms with Gasteiger partial charge in [-0.2, -0.15) is 0 Å². The number of hydrogen-bond donors (Lipinski definition) is 0. The molecule has 6 rings (SSSR count). The van der Waals surface area contributed by atoms with E-state index in [0.717, 1.165) is 57.4 Å². The van der Waals surface area contributed by atoms with Gasteiger partial charge in [0.25, 0.3) is 5.56 Å². The normalized spacial score (nSPS) is 20.5. The highest BCUT2D eigenvalue weighted by Gasteiger charge is 2.41. The van der Waals surface area contributed by atoms with Crippen molar-refractivity contribution in [3.63, 3.8) is 0 Å². The maximum Gasteiger partial charge on any atom is 0.262 e. The van der Waals surface area contributed by atoms with Crippen molar-refractivity contribution >= 4 is 28.4 Å². The van der Waals surface area contributed by atoms with Gasteiger partial charge in [0.1, 0.15) is 0 Å². The van der Waals surface area contributed by atoms with Gasteiger partial charge in [-0.05, 0) is 55.1 Å². The summed E-state index contributed by atoms with van der Waals surface area (Å²) in [6.07, 6.45) is 5.90. The van der Waals surface area contributed by atoms with Gasteiger partial charge in [0.15, 0.2) is 0 Å². The predicted molar refractivity (Wildman–Crippen MR) is 143 cm³/mol. The molecule has 0 atom stereocenters. The summed E-state index contributed by atoms with van der Waals surface area (Å²) in [5.41, 5.74) is 2.73. The van der Waals surface area contributed by atoms with E-state index in [-0.39, 0.29) is 16.9 Å². The van der Waals surface area contributed by atoms with Gasteiger partial charge in [0.2, 0.25) is 11.9 Å². The van der Waals surface area contributed by atoms with Crippen LogP contribution in [0.2, 0.25) is 0 Å². The first-order valence-electron chi connectivity index (χ1n) is 13.3. The summed E-state index contributed by atoms with van der Waals surface area (Å²) in [4.78, 5) is 38.9. The zero-order valence-electron chi connectivity index (χ0n) is 21.2. The van der Waals surface area contributed by atoms with Crippen molar-refractivity contribution in [2.75, 3.05) is 43.0 Å². The average molecular weight is 486 g/mol. The molecule has 1 saturated carbocycles. The minimum absolute atomic E-state index is 0.0364. The van der Waals surface area contributed by atoms with Crippen LogP contribution in [0.1, 0.15) is 44.1 Å². The third-order valence-electron chi connectivity index (χ3n) is 8.46. The number of benzene rings is 2. The van der Waals surface area contributed by atoms with E-state index in [1.165, 1.54) is 12.1 Å². The summed E-state index contributed by atoms with van der Waals surface area (Å²) in [6, 6.07) is 16.0. The number of nitrogens with zero attached hydrogens (tertiary/aromatic N) is 5. The van der Waals surface area contributed by atoms with Crippen molar-refractivity contribution in [3.8, 4) is 0 Å². The first-order chi connectivity index (χ1) is 17.5. The highest BCUT2D eigenvalue weighted by molar-refractivity contribution is 5.93. The number of anilines is 2. The minimum Gasteiger partial charge on any atom is -0.369 e. The first-order valence-corrected chi connectivity index (χ1v) is 13.3. The molecule has 0 unspecified atom stereocenters. The summed E-state index contributed by atoms with van der Waals surface area (Å²) in [7, 11) is 2.16. The molecule has 0 N–H and O–H groups in total. The van der Waals surface area contributed by atoms with Crippen molar-refractivity contribution in [2.24, 2.45) is 5.41 Å². The largest absolute Gasteiger partial charge is 0.369 e. The highest BCUT2D eigenvalue weighted by atomic mass is 16.2. The van der Waals surface area contributed by atoms with Gasteiger partial charge >= 0.3 is 0 Å². The molecule has 0 bridgehead atoms. The molecular formula is C29H35N5O2. The lowest BCUT2D eigenvalue weighted by Gasteiger charge is -2.35. The van der Waals surface area contributed by atoms with Crippen LogP contribution in [0, 0.1) is 5.41 Å². The van der Waals surface area contributed by atoms with E-state index < -0.39 is 0 Å². The van der Waals surface area contributed by atoms with E-state index in [2.05, 4.69) is 41.1 Å². The number of carbonyl (C=O) groups excluding carboxylic acids is 1. The fourth-order valence-corrected chi connectivity index (χ4v) is 6.28. The first kappa shape index (κ1) is 23.2. The third-order valence-corrected chi connectivity index (χ3v) is 8.46. The maximum atomic E-state index is 13.8. The smallest absolute Gasteiger partial charge is 0.262 e. The Kier molecular flexibility index (Phi) is 6.04. The van der Waals surface area contributed by atoms with Gasteiger partial charge in [-0.3, -0.25) is 19.1 Å². The van der Waals surface area contributed by atoms with Crippen LogP contribution in [0.3, 0.4) is 0 Å². The van der Waals surface area contributed by atoms with E-state index in [0.29, 0.717) is 36.4 Å². The number of amides is 1. The minimum atomic E-state index is -0.155. The number of para-hydroxylation sites is 1. The highest BCUT2D eigenvalue weighted by Crippen LogP contribution is 2.43. The molecule has 2 aliphatic heterocycles. The number of hydrogen-bond acceptors (Lipinski definition) is 5. The van der Waals surface area contributed by atoms with Crippen LogP contribution < -0.4 is 15.4 Å². The molecule has 1 aromatic heterocycles. The molecular weight excluding hydrogens is 450 g/mol. The molecule has 1 amide bonds. The molecule has 2 fully saturated rings. The van der Waals surface area contributed by atoms with Crippen molar-refractivity contribution < 1.29 is 4.79 Å². The molecule has 36 heavy (non-hydrogen) atoms. The topological polar surface area (TPSA) is 61.7 Å². The van der Waals surface area contributed by atoms with Gasteiger partial charge < -0.3 is 9.80 Å². The average Bonchev–Trinajstić information content (AvgIpc) is 3.00. The van der Waals surface area contributed by atoms with Gasteiger partial charge in [-0.25, -0.2) is 4.98 Å². The van der Waals surface area contributed by atoms with Gasteiger partial charge in [0.05, 0.1) is 17.4 Å². The number of aromatic nitrogens is 2. The second kappa shape index (κ2) is 9.36. The Morgan fingerprint density at radius 3 is 2.36 bits per heavy atom. The number of fused-ring (bicyclic) bond motifs is 2. The van der Waals surface area contributed by atoms with Crippen molar-refractivity contribution in [1.82, 2.24) is 14.5 Å². The van der Waals surface area contributed by atoms with E-state index in [9.17, 15) is 9.59 Å². The second-order valence-electron chi connectivity index (χ2n) is 11.0. The molecule has 1 aliphatic carbocycles. The number of likely N-dealkylation sites (N-methyl/N-ethyl adjacent to an activating group) is 1. The molecule has 0 radical (unpaired) electrons. The Morgan fingerprint density at radius 1 is 0.889 bits per heavy atom. The third kappa shape index (κ3) is 4.30. The standard InChI is InChI=1S/C29H35N5O2/c1-31-15-17-32(18-16-31)23-11-9-22(10-12-23)20-33-26(35)19-29(13-5-2-6-14-29)21-34-27(36)24-7-3-4-8-25(24)30-28(33)34/h3-4,7-12H,2,5-6,13-21H2,1H3. The van der Waals surface area contributed by atoms with Crippen molar-refractivity contribution in [3.05, 3.63) is 64.4 Å². The van der Waals surface area contributed by atoms with Gasteiger partial charge in [0, 0.05) is 44.8 Å². The molecule has 3 heterocycles. The summed E-state index contributed by atoms with van der Waals surface area (Å²) >= 11 is 0. The lowest BCUT2D eigenvalue weighted by molar-refractivity contribution is -0.121. The molecule has 2 aromatic carbocycles. The zero-order chi connectivity index (χ0) is 24.7. The van der Waals surface area contributed by atoms with Crippen LogP contribution in [-0.2, 0) is 17.9 Å². The molecule has 188 valence electrons. The Hall–Kier alpha value is -3.19. The van der Waals surface area contributed by atoms with E-state index in [1.807, 2.05) is 24.3 Å². The predicted octanol–water partition coefficient (Wildman–Crippen LogP) is 4.04. The van der Waals surface area contributed by atoms with Crippen molar-refractivity contribution in [1.29, 1.82) is 0 Å². The molecule has 7 nitrogen and oxygen atoms in total. The van der Waals surface area contributed by atoms with Crippen LogP contribution in [-0.4, -0.2) is 53.6 Å². The monoisotopic (exact) mass is 485 g/mol. The molecule has 7 heteroatoms. The Labute approximate surface area is 212 Å². The van der Waals surface area contributed by atoms with E-state index in [1.54, 1.807) is 9.47 Å². The molecule has 3 aliphatic rings. The van der Waals surface area contributed by atoms with Gasteiger partial charge in [-0.15, -0.1) is 0 Å². The lowest BCUT2D eigenvalue weighted by Crippen LogP contribution is -2.44. The lowest BCUT2D eigenvalue weighted by atomic mass is 9.71. The quantitative estimate of drug-likeness (QED) is 0.561. The van der Waals surface area contributed by atoms with Crippen LogP contribution in [0.25, 0.3) is 10.9 Å². The van der Waals surface area contributed by atoms with Crippen LogP contribution >= 0.6 is 0 Å². The summed E-state index contributed by atoms with van der Waals surface area (Å²) in [5.74, 6) is 0.572. The van der Waals surface area contributed by atoms with E-state index in [4.69, 9.17) is 4.98 Å². The molecule has 1 spiro atoms. The van der Waals surface area contributed by atoms with Gasteiger partial charge in [-0.1, -0.05) is 43.5 Å². The van der Waals surface area contributed by atoms with E-state index >= 15 is 0 Å². The Balaban J connectivity index is 1.36.